The van der Waals surface area contributed by atoms with Crippen LogP contribution in [0.5, 0.6) is 0 Å². The fourth-order valence-electron chi connectivity index (χ4n) is 2.51. The lowest BCUT2D eigenvalue weighted by atomic mass is 10.1. The van der Waals surface area contributed by atoms with Gasteiger partial charge < -0.3 is 15.4 Å². The van der Waals surface area contributed by atoms with Gasteiger partial charge in [0.25, 0.3) is 0 Å². The molecule has 0 amide bonds. The number of rotatable bonds is 2. The highest BCUT2D eigenvalue weighted by Crippen LogP contribution is 2.25. The SMILES string of the molecule is Cc1cc(-c2ccc(N)cc2)cnc1N1CCOCC1. The summed E-state index contributed by atoms with van der Waals surface area (Å²) in [6.45, 7) is 5.49. The van der Waals surface area contributed by atoms with E-state index < -0.39 is 0 Å². The second-order valence-corrected chi connectivity index (χ2v) is 5.09. The number of aromatic nitrogens is 1. The Balaban J connectivity index is 1.88. The van der Waals surface area contributed by atoms with Crippen molar-refractivity contribution >= 4 is 11.5 Å². The van der Waals surface area contributed by atoms with Gasteiger partial charge in [-0.05, 0) is 36.2 Å². The molecule has 104 valence electrons. The number of morpholine rings is 1. The van der Waals surface area contributed by atoms with Crippen molar-refractivity contribution in [2.75, 3.05) is 36.9 Å². The van der Waals surface area contributed by atoms with Crippen LogP contribution < -0.4 is 10.6 Å². The van der Waals surface area contributed by atoms with Gasteiger partial charge in [-0.3, -0.25) is 0 Å². The van der Waals surface area contributed by atoms with Gasteiger partial charge in [-0.15, -0.1) is 0 Å². The number of nitrogen functional groups attached to an aromatic ring is 1. The number of ether oxygens (including phenoxy) is 1. The number of aryl methyl sites for hydroxylation is 1. The van der Waals surface area contributed by atoms with E-state index in [1.54, 1.807) is 0 Å². The zero-order valence-corrected chi connectivity index (χ0v) is 11.7. The molecule has 1 fully saturated rings. The Hall–Kier alpha value is -2.07. The molecule has 1 aromatic heterocycles. The van der Waals surface area contributed by atoms with Crippen LogP contribution in [0.3, 0.4) is 0 Å². The molecule has 3 rings (SSSR count). The van der Waals surface area contributed by atoms with Crippen molar-refractivity contribution in [1.82, 2.24) is 4.98 Å². The van der Waals surface area contributed by atoms with E-state index in [9.17, 15) is 0 Å². The molecule has 20 heavy (non-hydrogen) atoms. The largest absolute Gasteiger partial charge is 0.399 e. The van der Waals surface area contributed by atoms with E-state index in [4.69, 9.17) is 10.5 Å². The lowest BCUT2D eigenvalue weighted by Gasteiger charge is -2.29. The third-order valence-corrected chi connectivity index (χ3v) is 3.61. The minimum absolute atomic E-state index is 0.779. The minimum atomic E-state index is 0.779. The lowest BCUT2D eigenvalue weighted by molar-refractivity contribution is 0.122. The van der Waals surface area contributed by atoms with Gasteiger partial charge in [-0.2, -0.15) is 0 Å². The molecule has 4 heteroatoms. The van der Waals surface area contributed by atoms with Gasteiger partial charge in [-0.25, -0.2) is 4.98 Å². The van der Waals surface area contributed by atoms with Crippen molar-refractivity contribution < 1.29 is 4.74 Å². The van der Waals surface area contributed by atoms with E-state index in [1.165, 1.54) is 5.56 Å². The van der Waals surface area contributed by atoms with Gasteiger partial charge in [-0.1, -0.05) is 12.1 Å². The standard InChI is InChI=1S/C16H19N3O/c1-12-10-14(13-2-4-15(17)5-3-13)11-18-16(12)19-6-8-20-9-7-19/h2-5,10-11H,6-9,17H2,1H3. The Morgan fingerprint density at radius 1 is 1.10 bits per heavy atom. The number of anilines is 2. The summed E-state index contributed by atoms with van der Waals surface area (Å²) >= 11 is 0. The Morgan fingerprint density at radius 3 is 2.45 bits per heavy atom. The van der Waals surface area contributed by atoms with Gasteiger partial charge in [0.2, 0.25) is 0 Å². The van der Waals surface area contributed by atoms with Crippen LogP contribution in [0.1, 0.15) is 5.56 Å². The first-order valence-corrected chi connectivity index (χ1v) is 6.89. The molecule has 0 bridgehead atoms. The molecular formula is C16H19N3O. The van der Waals surface area contributed by atoms with E-state index >= 15 is 0 Å². The Kier molecular flexibility index (Phi) is 3.56. The van der Waals surface area contributed by atoms with Gasteiger partial charge in [0.15, 0.2) is 0 Å². The van der Waals surface area contributed by atoms with E-state index in [0.717, 1.165) is 48.9 Å². The molecule has 0 saturated carbocycles. The molecule has 2 heterocycles. The molecule has 0 aliphatic carbocycles. The highest BCUT2D eigenvalue weighted by Gasteiger charge is 2.14. The van der Waals surface area contributed by atoms with E-state index in [0.29, 0.717) is 0 Å². The summed E-state index contributed by atoms with van der Waals surface area (Å²) in [6, 6.07) is 10.1. The van der Waals surface area contributed by atoms with Crippen molar-refractivity contribution in [1.29, 1.82) is 0 Å². The fourth-order valence-corrected chi connectivity index (χ4v) is 2.51. The molecule has 1 aromatic carbocycles. The van der Waals surface area contributed by atoms with Crippen molar-refractivity contribution in [2.45, 2.75) is 6.92 Å². The first-order valence-electron chi connectivity index (χ1n) is 6.89. The normalized spacial score (nSPS) is 15.3. The molecule has 2 N–H and O–H groups in total. The predicted molar refractivity (Wildman–Crippen MR) is 81.9 cm³/mol. The summed E-state index contributed by atoms with van der Waals surface area (Å²) in [5.74, 6) is 1.06. The Labute approximate surface area is 119 Å². The molecule has 2 aromatic rings. The summed E-state index contributed by atoms with van der Waals surface area (Å²) in [4.78, 5) is 6.92. The number of pyridine rings is 1. The summed E-state index contributed by atoms with van der Waals surface area (Å²) < 4.78 is 5.38. The molecule has 1 saturated heterocycles. The van der Waals surface area contributed by atoms with E-state index in [1.807, 2.05) is 30.5 Å². The zero-order chi connectivity index (χ0) is 13.9. The molecule has 0 spiro atoms. The number of nitrogens with two attached hydrogens (primary N) is 1. The van der Waals surface area contributed by atoms with Crippen molar-refractivity contribution in [3.8, 4) is 11.1 Å². The van der Waals surface area contributed by atoms with Crippen LogP contribution in [-0.2, 0) is 4.74 Å². The number of nitrogens with zero attached hydrogens (tertiary/aromatic N) is 2. The van der Waals surface area contributed by atoms with Crippen LogP contribution in [0.2, 0.25) is 0 Å². The molecular weight excluding hydrogens is 250 g/mol. The number of hydrogen-bond acceptors (Lipinski definition) is 4. The van der Waals surface area contributed by atoms with E-state index in [-0.39, 0.29) is 0 Å². The smallest absolute Gasteiger partial charge is 0.131 e. The van der Waals surface area contributed by atoms with Gasteiger partial charge in [0.05, 0.1) is 13.2 Å². The molecule has 0 unspecified atom stereocenters. The van der Waals surface area contributed by atoms with Crippen LogP contribution in [-0.4, -0.2) is 31.3 Å². The molecule has 0 atom stereocenters. The topological polar surface area (TPSA) is 51.4 Å². The average molecular weight is 269 g/mol. The fraction of sp³-hybridized carbons (Fsp3) is 0.312. The summed E-state index contributed by atoms with van der Waals surface area (Å²) in [7, 11) is 0. The quantitative estimate of drug-likeness (QED) is 0.851. The highest BCUT2D eigenvalue weighted by molar-refractivity contribution is 5.67. The van der Waals surface area contributed by atoms with Crippen molar-refractivity contribution in [3.05, 3.63) is 42.1 Å². The number of hydrogen-bond donors (Lipinski definition) is 1. The van der Waals surface area contributed by atoms with Crippen LogP contribution >= 0.6 is 0 Å². The molecule has 1 aliphatic rings. The lowest BCUT2D eigenvalue weighted by Crippen LogP contribution is -2.37. The van der Waals surface area contributed by atoms with Crippen LogP contribution in [0.4, 0.5) is 11.5 Å². The van der Waals surface area contributed by atoms with Gasteiger partial charge >= 0.3 is 0 Å². The third kappa shape index (κ3) is 2.60. The second kappa shape index (κ2) is 5.51. The first kappa shape index (κ1) is 12.9. The van der Waals surface area contributed by atoms with Gasteiger partial charge in [0.1, 0.15) is 5.82 Å². The average Bonchev–Trinajstić information content (AvgIpc) is 2.49. The minimum Gasteiger partial charge on any atom is -0.399 e. The van der Waals surface area contributed by atoms with Crippen molar-refractivity contribution in [2.24, 2.45) is 0 Å². The number of benzene rings is 1. The van der Waals surface area contributed by atoms with E-state index in [2.05, 4.69) is 22.9 Å². The monoisotopic (exact) mass is 269 g/mol. The summed E-state index contributed by atoms with van der Waals surface area (Å²) in [6.07, 6.45) is 1.93. The van der Waals surface area contributed by atoms with Crippen LogP contribution in [0.15, 0.2) is 36.5 Å². The van der Waals surface area contributed by atoms with Crippen LogP contribution in [0, 0.1) is 6.92 Å². The van der Waals surface area contributed by atoms with Gasteiger partial charge in [0, 0.05) is 30.5 Å². The third-order valence-electron chi connectivity index (χ3n) is 3.61. The maximum atomic E-state index is 5.72. The summed E-state index contributed by atoms with van der Waals surface area (Å²) in [5.41, 5.74) is 9.97. The molecule has 0 radical (unpaired) electrons. The highest BCUT2D eigenvalue weighted by atomic mass is 16.5. The maximum absolute atomic E-state index is 5.72. The zero-order valence-electron chi connectivity index (χ0n) is 11.7. The Morgan fingerprint density at radius 2 is 1.80 bits per heavy atom. The predicted octanol–water partition coefficient (Wildman–Crippen LogP) is 2.48. The van der Waals surface area contributed by atoms with Crippen molar-refractivity contribution in [3.63, 3.8) is 0 Å². The molecule has 1 aliphatic heterocycles. The molecule has 4 nitrogen and oxygen atoms in total. The first-order chi connectivity index (χ1) is 9.74. The maximum Gasteiger partial charge on any atom is 0.131 e. The van der Waals surface area contributed by atoms with Crippen LogP contribution in [0.25, 0.3) is 11.1 Å². The summed E-state index contributed by atoms with van der Waals surface area (Å²) in [5, 5.41) is 0. The Bertz CT molecular complexity index is 589. The second-order valence-electron chi connectivity index (χ2n) is 5.09.